The fourth-order valence-electron chi connectivity index (χ4n) is 2.99. The van der Waals surface area contributed by atoms with Gasteiger partial charge in [0, 0.05) is 29.1 Å². The number of imidazole rings is 1. The van der Waals surface area contributed by atoms with E-state index in [1.54, 1.807) is 24.5 Å². The molecular weight excluding hydrogens is 325 g/mol. The molecule has 128 valence electrons. The molecule has 26 heavy (non-hydrogen) atoms. The molecule has 2 heterocycles. The second-order valence-corrected chi connectivity index (χ2v) is 6.11. The Kier molecular flexibility index (Phi) is 4.32. The summed E-state index contributed by atoms with van der Waals surface area (Å²) in [6, 6.07) is 18.6. The topological polar surface area (TPSA) is 41.6 Å². The zero-order chi connectivity index (χ0) is 17.9. The van der Waals surface area contributed by atoms with Crippen molar-refractivity contribution in [1.82, 2.24) is 15.0 Å². The van der Waals surface area contributed by atoms with Gasteiger partial charge in [0.15, 0.2) is 0 Å². The van der Waals surface area contributed by atoms with Gasteiger partial charge in [0.2, 0.25) is 0 Å². The highest BCUT2D eigenvalue weighted by molar-refractivity contribution is 5.81. The molecule has 0 aliphatic carbocycles. The molecule has 0 amide bonds. The molecule has 4 aromatic rings. The zero-order valence-corrected chi connectivity index (χ0v) is 14.4. The molecule has 3 nitrogen and oxygen atoms in total. The van der Waals surface area contributed by atoms with E-state index >= 15 is 0 Å². The van der Waals surface area contributed by atoms with E-state index in [2.05, 4.69) is 29.0 Å². The molecule has 0 radical (unpaired) electrons. The minimum absolute atomic E-state index is 0.259. The van der Waals surface area contributed by atoms with Crippen LogP contribution in [0.25, 0.3) is 33.9 Å². The van der Waals surface area contributed by atoms with E-state index in [4.69, 9.17) is 4.98 Å². The number of nitrogens with one attached hydrogen (secondary N) is 1. The Labute approximate surface area is 151 Å². The fourth-order valence-corrected chi connectivity index (χ4v) is 2.99. The average Bonchev–Trinajstić information content (AvgIpc) is 3.15. The summed E-state index contributed by atoms with van der Waals surface area (Å²) in [6.45, 7) is 2.13. The second kappa shape index (κ2) is 6.92. The third-order valence-corrected chi connectivity index (χ3v) is 4.40. The Balaban J connectivity index is 1.88. The van der Waals surface area contributed by atoms with Crippen molar-refractivity contribution in [3.63, 3.8) is 0 Å². The molecule has 0 spiro atoms. The lowest BCUT2D eigenvalue weighted by Crippen LogP contribution is -1.85. The summed E-state index contributed by atoms with van der Waals surface area (Å²) in [7, 11) is 0. The number of rotatable bonds is 4. The largest absolute Gasteiger partial charge is 0.337 e. The zero-order valence-electron chi connectivity index (χ0n) is 14.4. The number of hydrogen-bond acceptors (Lipinski definition) is 2. The van der Waals surface area contributed by atoms with E-state index < -0.39 is 0 Å². The summed E-state index contributed by atoms with van der Waals surface area (Å²) in [5.41, 5.74) is 5.85. The summed E-state index contributed by atoms with van der Waals surface area (Å²) in [6.07, 6.45) is 4.47. The van der Waals surface area contributed by atoms with Crippen LogP contribution in [0, 0.1) is 5.82 Å². The molecule has 0 fully saturated rings. The predicted molar refractivity (Wildman–Crippen MR) is 102 cm³/mol. The quantitative estimate of drug-likeness (QED) is 0.531. The van der Waals surface area contributed by atoms with Crippen LogP contribution < -0.4 is 0 Å². The van der Waals surface area contributed by atoms with Crippen molar-refractivity contribution in [2.75, 3.05) is 0 Å². The van der Waals surface area contributed by atoms with Crippen LogP contribution in [0.2, 0.25) is 0 Å². The highest BCUT2D eigenvalue weighted by atomic mass is 19.1. The first kappa shape index (κ1) is 16.2. The standard InChI is InChI=1S/C22H18FN3/c1-2-15-4-3-5-18(14-15)22-25-20(16-6-8-19(23)9-7-16)21(26-22)17-10-12-24-13-11-17/h3-14H,2H2,1H3,(H,25,26). The molecule has 0 aliphatic rings. The Morgan fingerprint density at radius 2 is 1.65 bits per heavy atom. The van der Waals surface area contributed by atoms with Crippen molar-refractivity contribution < 1.29 is 4.39 Å². The van der Waals surface area contributed by atoms with Gasteiger partial charge in [-0.1, -0.05) is 25.1 Å². The van der Waals surface area contributed by atoms with Crippen molar-refractivity contribution in [2.45, 2.75) is 13.3 Å². The van der Waals surface area contributed by atoms with E-state index in [0.717, 1.165) is 40.3 Å². The van der Waals surface area contributed by atoms with Crippen LogP contribution in [0.5, 0.6) is 0 Å². The maximum atomic E-state index is 13.3. The monoisotopic (exact) mass is 343 g/mol. The van der Waals surface area contributed by atoms with E-state index in [9.17, 15) is 4.39 Å². The van der Waals surface area contributed by atoms with Crippen molar-refractivity contribution in [2.24, 2.45) is 0 Å². The number of hydrogen-bond donors (Lipinski definition) is 1. The first-order valence-corrected chi connectivity index (χ1v) is 8.60. The van der Waals surface area contributed by atoms with Crippen LogP contribution in [0.4, 0.5) is 4.39 Å². The Bertz CT molecular complexity index is 1020. The van der Waals surface area contributed by atoms with Gasteiger partial charge in [-0.05, 0) is 54.4 Å². The normalized spacial score (nSPS) is 10.8. The molecule has 0 bridgehead atoms. The summed E-state index contributed by atoms with van der Waals surface area (Å²) in [5, 5.41) is 0. The van der Waals surface area contributed by atoms with Crippen LogP contribution in [0.15, 0.2) is 73.1 Å². The minimum Gasteiger partial charge on any atom is -0.337 e. The number of nitrogens with zero attached hydrogens (tertiary/aromatic N) is 2. The Hall–Kier alpha value is -3.27. The number of benzene rings is 2. The summed E-state index contributed by atoms with van der Waals surface area (Å²) in [4.78, 5) is 12.4. The molecule has 0 atom stereocenters. The third-order valence-electron chi connectivity index (χ3n) is 4.40. The molecular formula is C22H18FN3. The van der Waals surface area contributed by atoms with Crippen molar-refractivity contribution >= 4 is 0 Å². The highest BCUT2D eigenvalue weighted by Crippen LogP contribution is 2.33. The number of pyridine rings is 1. The van der Waals surface area contributed by atoms with E-state index in [1.165, 1.54) is 17.7 Å². The molecule has 0 saturated carbocycles. The van der Waals surface area contributed by atoms with Crippen molar-refractivity contribution in [3.05, 3.63) is 84.4 Å². The summed E-state index contributed by atoms with van der Waals surface area (Å²) in [5.74, 6) is 0.539. The lowest BCUT2D eigenvalue weighted by Gasteiger charge is -2.02. The van der Waals surface area contributed by atoms with Crippen LogP contribution in [0.1, 0.15) is 12.5 Å². The van der Waals surface area contributed by atoms with E-state index in [0.29, 0.717) is 0 Å². The van der Waals surface area contributed by atoms with Crippen LogP contribution in [-0.4, -0.2) is 15.0 Å². The molecule has 4 heteroatoms. The number of aromatic nitrogens is 3. The lowest BCUT2D eigenvalue weighted by molar-refractivity contribution is 0.628. The van der Waals surface area contributed by atoms with Gasteiger partial charge in [-0.3, -0.25) is 4.98 Å². The SMILES string of the molecule is CCc1cccc(-c2nc(-c3ccc(F)cc3)c(-c3ccncc3)[nH]2)c1. The van der Waals surface area contributed by atoms with Crippen LogP contribution in [0.3, 0.4) is 0 Å². The summed E-state index contributed by atoms with van der Waals surface area (Å²) < 4.78 is 13.3. The lowest BCUT2D eigenvalue weighted by atomic mass is 10.1. The smallest absolute Gasteiger partial charge is 0.138 e. The molecule has 0 aliphatic heterocycles. The van der Waals surface area contributed by atoms with E-state index in [1.807, 2.05) is 24.3 Å². The maximum Gasteiger partial charge on any atom is 0.138 e. The first-order valence-electron chi connectivity index (χ1n) is 8.60. The van der Waals surface area contributed by atoms with Gasteiger partial charge in [-0.25, -0.2) is 9.37 Å². The number of aromatic amines is 1. The van der Waals surface area contributed by atoms with Gasteiger partial charge < -0.3 is 4.98 Å². The van der Waals surface area contributed by atoms with Gasteiger partial charge in [-0.15, -0.1) is 0 Å². The molecule has 2 aromatic carbocycles. The van der Waals surface area contributed by atoms with Crippen molar-refractivity contribution in [1.29, 1.82) is 0 Å². The second-order valence-electron chi connectivity index (χ2n) is 6.11. The average molecular weight is 343 g/mol. The van der Waals surface area contributed by atoms with E-state index in [-0.39, 0.29) is 5.82 Å². The van der Waals surface area contributed by atoms with Gasteiger partial charge in [-0.2, -0.15) is 0 Å². The van der Waals surface area contributed by atoms with Gasteiger partial charge >= 0.3 is 0 Å². The molecule has 0 unspecified atom stereocenters. The fraction of sp³-hybridized carbons (Fsp3) is 0.0909. The third kappa shape index (κ3) is 3.14. The molecule has 1 N–H and O–H groups in total. The van der Waals surface area contributed by atoms with Crippen LogP contribution >= 0.6 is 0 Å². The highest BCUT2D eigenvalue weighted by Gasteiger charge is 2.15. The Morgan fingerprint density at radius 3 is 2.38 bits per heavy atom. The minimum atomic E-state index is -0.259. The van der Waals surface area contributed by atoms with Gasteiger partial charge in [0.1, 0.15) is 11.6 Å². The number of aryl methyl sites for hydroxylation is 1. The Morgan fingerprint density at radius 1 is 0.885 bits per heavy atom. The molecule has 2 aromatic heterocycles. The first-order chi connectivity index (χ1) is 12.7. The molecule has 0 saturated heterocycles. The van der Waals surface area contributed by atoms with Crippen molar-refractivity contribution in [3.8, 4) is 33.9 Å². The van der Waals surface area contributed by atoms with Crippen LogP contribution in [-0.2, 0) is 6.42 Å². The number of halogens is 1. The molecule has 4 rings (SSSR count). The predicted octanol–water partition coefficient (Wildman–Crippen LogP) is 5.51. The number of H-pyrrole nitrogens is 1. The summed E-state index contributed by atoms with van der Waals surface area (Å²) >= 11 is 0. The van der Waals surface area contributed by atoms with Gasteiger partial charge in [0.25, 0.3) is 0 Å². The van der Waals surface area contributed by atoms with Gasteiger partial charge in [0.05, 0.1) is 11.4 Å². The maximum absolute atomic E-state index is 13.3.